The highest BCUT2D eigenvalue weighted by molar-refractivity contribution is 7.12. The number of rotatable bonds is 5. The molecule has 0 aliphatic carbocycles. The fourth-order valence-electron chi connectivity index (χ4n) is 1.55. The molecule has 0 atom stereocenters. The van der Waals surface area contributed by atoms with E-state index in [-0.39, 0.29) is 17.4 Å². The molecule has 0 aromatic carbocycles. The molecule has 0 spiro atoms. The maximum atomic E-state index is 11.4. The number of carbonyl (C=O) groups excluding carboxylic acids is 1. The highest BCUT2D eigenvalue weighted by atomic mass is 32.1. The van der Waals surface area contributed by atoms with Gasteiger partial charge in [0.25, 0.3) is 0 Å². The van der Waals surface area contributed by atoms with Gasteiger partial charge in [-0.15, -0.1) is 11.3 Å². The molecular weight excluding hydrogens is 244 g/mol. The second-order valence-corrected chi connectivity index (χ2v) is 7.01. The first-order valence-corrected chi connectivity index (χ1v) is 7.20. The molecule has 4 heteroatoms. The van der Waals surface area contributed by atoms with Crippen LogP contribution in [-0.4, -0.2) is 18.5 Å². The monoisotopic (exact) mass is 268 g/mol. The average molecular weight is 268 g/mol. The summed E-state index contributed by atoms with van der Waals surface area (Å²) < 4.78 is 0. The van der Waals surface area contributed by atoms with E-state index >= 15 is 0 Å². The molecule has 0 radical (unpaired) electrons. The van der Waals surface area contributed by atoms with Gasteiger partial charge in [-0.25, -0.2) is 0 Å². The van der Waals surface area contributed by atoms with Crippen LogP contribution in [0.3, 0.4) is 0 Å². The van der Waals surface area contributed by atoms with Crippen molar-refractivity contribution in [2.24, 2.45) is 0 Å². The van der Waals surface area contributed by atoms with E-state index in [0.717, 1.165) is 6.54 Å². The number of thiophene rings is 1. The van der Waals surface area contributed by atoms with Gasteiger partial charge in [-0.2, -0.15) is 0 Å². The van der Waals surface area contributed by atoms with Crippen molar-refractivity contribution in [2.45, 2.75) is 52.6 Å². The smallest absolute Gasteiger partial charge is 0.234 e. The minimum absolute atomic E-state index is 0.0533. The Morgan fingerprint density at radius 1 is 1.33 bits per heavy atom. The van der Waals surface area contributed by atoms with Gasteiger partial charge < -0.3 is 10.6 Å². The molecule has 2 N–H and O–H groups in total. The summed E-state index contributed by atoms with van der Waals surface area (Å²) in [6.45, 7) is 11.7. The van der Waals surface area contributed by atoms with Gasteiger partial charge in [0.2, 0.25) is 5.91 Å². The normalized spacial score (nSPS) is 11.9. The van der Waals surface area contributed by atoms with Crippen LogP contribution in [0.4, 0.5) is 0 Å². The van der Waals surface area contributed by atoms with Crippen molar-refractivity contribution in [1.29, 1.82) is 0 Å². The van der Waals surface area contributed by atoms with Crippen LogP contribution in [0.5, 0.6) is 0 Å². The second kappa shape index (κ2) is 6.34. The van der Waals surface area contributed by atoms with Gasteiger partial charge in [-0.1, -0.05) is 20.8 Å². The lowest BCUT2D eigenvalue weighted by Gasteiger charge is -2.15. The van der Waals surface area contributed by atoms with Crippen molar-refractivity contribution in [3.05, 3.63) is 21.9 Å². The second-order valence-electron chi connectivity index (χ2n) is 5.84. The zero-order valence-corrected chi connectivity index (χ0v) is 12.8. The predicted molar refractivity (Wildman–Crippen MR) is 78.0 cm³/mol. The Balaban J connectivity index is 2.36. The van der Waals surface area contributed by atoms with Gasteiger partial charge in [0.1, 0.15) is 0 Å². The third kappa shape index (κ3) is 5.19. The molecule has 0 saturated heterocycles. The molecule has 1 aromatic rings. The van der Waals surface area contributed by atoms with E-state index in [9.17, 15) is 4.79 Å². The minimum Gasteiger partial charge on any atom is -0.353 e. The van der Waals surface area contributed by atoms with Crippen LogP contribution in [0.2, 0.25) is 0 Å². The van der Waals surface area contributed by atoms with Crippen molar-refractivity contribution in [3.63, 3.8) is 0 Å². The summed E-state index contributed by atoms with van der Waals surface area (Å²) in [5.74, 6) is 0.0533. The van der Waals surface area contributed by atoms with Crippen molar-refractivity contribution < 1.29 is 4.79 Å². The fourth-order valence-corrected chi connectivity index (χ4v) is 2.58. The molecule has 0 unspecified atom stereocenters. The zero-order chi connectivity index (χ0) is 13.8. The lowest BCUT2D eigenvalue weighted by Crippen LogP contribution is -2.37. The lowest BCUT2D eigenvalue weighted by atomic mass is 9.95. The number of carbonyl (C=O) groups is 1. The van der Waals surface area contributed by atoms with Crippen LogP contribution in [0, 0.1) is 0 Å². The highest BCUT2D eigenvalue weighted by Crippen LogP contribution is 2.29. The van der Waals surface area contributed by atoms with E-state index in [1.807, 2.05) is 25.2 Å². The SMILES string of the molecule is CC(C)NC(=O)CNCc1ccc(C(C)(C)C)s1. The molecule has 18 heavy (non-hydrogen) atoms. The Kier molecular flexibility index (Phi) is 5.35. The van der Waals surface area contributed by atoms with Gasteiger partial charge in [0.05, 0.1) is 6.54 Å². The minimum atomic E-state index is 0.0533. The maximum absolute atomic E-state index is 11.4. The number of nitrogens with one attached hydrogen (secondary N) is 2. The number of hydrogen-bond donors (Lipinski definition) is 2. The van der Waals surface area contributed by atoms with E-state index in [2.05, 4.69) is 43.5 Å². The third-order valence-corrected chi connectivity index (χ3v) is 3.95. The van der Waals surface area contributed by atoms with Gasteiger partial charge in [-0.05, 0) is 31.4 Å². The van der Waals surface area contributed by atoms with E-state index in [1.165, 1.54) is 9.75 Å². The Bertz CT molecular complexity index is 391. The van der Waals surface area contributed by atoms with Crippen LogP contribution >= 0.6 is 11.3 Å². The van der Waals surface area contributed by atoms with Crippen molar-refractivity contribution in [1.82, 2.24) is 10.6 Å². The number of amides is 1. The molecule has 0 saturated carbocycles. The summed E-state index contributed by atoms with van der Waals surface area (Å²) in [6, 6.07) is 4.52. The topological polar surface area (TPSA) is 41.1 Å². The zero-order valence-electron chi connectivity index (χ0n) is 12.0. The Morgan fingerprint density at radius 2 is 2.00 bits per heavy atom. The predicted octanol–water partition coefficient (Wildman–Crippen LogP) is 2.66. The lowest BCUT2D eigenvalue weighted by molar-refractivity contribution is -0.120. The van der Waals surface area contributed by atoms with Crippen LogP contribution in [0.25, 0.3) is 0 Å². The maximum Gasteiger partial charge on any atom is 0.234 e. The Hall–Kier alpha value is -0.870. The molecule has 3 nitrogen and oxygen atoms in total. The van der Waals surface area contributed by atoms with Crippen LogP contribution < -0.4 is 10.6 Å². The molecule has 0 fully saturated rings. The molecule has 0 aliphatic heterocycles. The van der Waals surface area contributed by atoms with E-state index in [4.69, 9.17) is 0 Å². The Morgan fingerprint density at radius 3 is 2.50 bits per heavy atom. The van der Waals surface area contributed by atoms with Crippen molar-refractivity contribution in [3.8, 4) is 0 Å². The van der Waals surface area contributed by atoms with Gasteiger partial charge in [0.15, 0.2) is 0 Å². The molecule has 0 aliphatic rings. The molecular formula is C14H24N2OS. The average Bonchev–Trinajstić information content (AvgIpc) is 2.64. The Labute approximate surface area is 114 Å². The molecule has 1 rings (SSSR count). The quantitative estimate of drug-likeness (QED) is 0.862. The molecule has 1 heterocycles. The molecule has 102 valence electrons. The van der Waals surface area contributed by atoms with Crippen molar-refractivity contribution in [2.75, 3.05) is 6.54 Å². The first-order chi connectivity index (χ1) is 8.29. The van der Waals surface area contributed by atoms with E-state index in [0.29, 0.717) is 6.54 Å². The first kappa shape index (κ1) is 15.2. The number of hydrogen-bond acceptors (Lipinski definition) is 3. The molecule has 1 aromatic heterocycles. The summed E-state index contributed by atoms with van der Waals surface area (Å²) >= 11 is 1.81. The molecule has 0 bridgehead atoms. The summed E-state index contributed by atoms with van der Waals surface area (Å²) in [7, 11) is 0. The standard InChI is InChI=1S/C14H24N2OS/c1-10(2)16-13(17)9-15-8-11-6-7-12(18-11)14(3,4)5/h6-7,10,15H,8-9H2,1-5H3,(H,16,17). The largest absolute Gasteiger partial charge is 0.353 e. The fraction of sp³-hybridized carbons (Fsp3) is 0.643. The molecule has 1 amide bonds. The van der Waals surface area contributed by atoms with Crippen LogP contribution in [0.1, 0.15) is 44.4 Å². The third-order valence-electron chi connectivity index (χ3n) is 2.44. The van der Waals surface area contributed by atoms with E-state index in [1.54, 1.807) is 0 Å². The van der Waals surface area contributed by atoms with Crippen LogP contribution in [0.15, 0.2) is 12.1 Å². The van der Waals surface area contributed by atoms with E-state index < -0.39 is 0 Å². The van der Waals surface area contributed by atoms with Gasteiger partial charge in [0, 0.05) is 22.3 Å². The summed E-state index contributed by atoms with van der Waals surface area (Å²) in [4.78, 5) is 14.1. The van der Waals surface area contributed by atoms with Gasteiger partial charge >= 0.3 is 0 Å². The summed E-state index contributed by atoms with van der Waals surface area (Å²) in [5.41, 5.74) is 0.206. The summed E-state index contributed by atoms with van der Waals surface area (Å²) in [5, 5.41) is 6.03. The van der Waals surface area contributed by atoms with Gasteiger partial charge in [-0.3, -0.25) is 4.79 Å². The van der Waals surface area contributed by atoms with Crippen molar-refractivity contribution >= 4 is 17.2 Å². The van der Waals surface area contributed by atoms with Crippen LogP contribution in [-0.2, 0) is 16.8 Å². The summed E-state index contributed by atoms with van der Waals surface area (Å²) in [6.07, 6.45) is 0. The first-order valence-electron chi connectivity index (χ1n) is 6.38. The highest BCUT2D eigenvalue weighted by Gasteiger charge is 2.15.